The molecule has 0 aliphatic rings. The van der Waals surface area contributed by atoms with Crippen molar-refractivity contribution in [3.63, 3.8) is 0 Å². The van der Waals surface area contributed by atoms with E-state index in [0.29, 0.717) is 19.3 Å². The molecule has 0 fully saturated rings. The first-order valence-electron chi connectivity index (χ1n) is 28.9. The summed E-state index contributed by atoms with van der Waals surface area (Å²) >= 11 is 0. The van der Waals surface area contributed by atoms with E-state index < -0.39 is 6.10 Å². The van der Waals surface area contributed by atoms with Crippen LogP contribution in [0.1, 0.15) is 258 Å². The minimum atomic E-state index is -0.785. The lowest BCUT2D eigenvalue weighted by molar-refractivity contribution is -0.167. The topological polar surface area (TPSA) is 78.9 Å². The molecule has 0 saturated heterocycles. The fourth-order valence-electron chi connectivity index (χ4n) is 7.67. The average molecular weight is 972 g/mol. The first-order valence-corrected chi connectivity index (χ1v) is 28.9. The van der Waals surface area contributed by atoms with Crippen LogP contribution < -0.4 is 0 Å². The van der Waals surface area contributed by atoms with Crippen LogP contribution in [-0.4, -0.2) is 37.2 Å². The Labute approximate surface area is 431 Å². The molecule has 0 aromatic heterocycles. The first-order chi connectivity index (χ1) is 34.5. The van der Waals surface area contributed by atoms with Crippen molar-refractivity contribution in [1.29, 1.82) is 0 Å². The monoisotopic (exact) mass is 971 g/mol. The number of carbonyl (C=O) groups excluding carboxylic acids is 3. The van der Waals surface area contributed by atoms with Crippen molar-refractivity contribution in [2.24, 2.45) is 0 Å². The van der Waals surface area contributed by atoms with Gasteiger partial charge in [0.15, 0.2) is 6.10 Å². The van der Waals surface area contributed by atoms with Crippen molar-refractivity contribution in [2.45, 2.75) is 264 Å². The summed E-state index contributed by atoms with van der Waals surface area (Å²) in [5, 5.41) is 0. The number of hydrogen-bond acceptors (Lipinski definition) is 6. The van der Waals surface area contributed by atoms with Crippen molar-refractivity contribution in [3.8, 4) is 0 Å². The van der Waals surface area contributed by atoms with E-state index in [1.807, 2.05) is 0 Å². The second-order valence-corrected chi connectivity index (χ2v) is 18.8. The van der Waals surface area contributed by atoms with E-state index in [9.17, 15) is 14.4 Å². The summed E-state index contributed by atoms with van der Waals surface area (Å²) in [6, 6.07) is 0. The van der Waals surface area contributed by atoms with Crippen LogP contribution in [0.15, 0.2) is 109 Å². The summed E-state index contributed by atoms with van der Waals surface area (Å²) in [6.07, 6.45) is 78.2. The summed E-state index contributed by atoms with van der Waals surface area (Å²) in [5.41, 5.74) is 0. The first kappa shape index (κ1) is 66.1. The SMILES string of the molecule is CC/C=C\C/C=C\C/C=C\C/C=C\C/C=C\C/C=C\C/C=C\CCCCCCCCCCCC(=O)OCC(COC(=O)CCCCCCCCC)OC(=O)CCCCCCC/C=C\C/C=C\CCCC. The van der Waals surface area contributed by atoms with Gasteiger partial charge in [0.1, 0.15) is 13.2 Å². The molecular weight excluding hydrogens is 865 g/mol. The highest BCUT2D eigenvalue weighted by Gasteiger charge is 2.19. The maximum atomic E-state index is 12.8. The van der Waals surface area contributed by atoms with E-state index in [-0.39, 0.29) is 31.1 Å². The molecule has 398 valence electrons. The number of carbonyl (C=O) groups is 3. The Bertz CT molecular complexity index is 1440. The average Bonchev–Trinajstić information content (AvgIpc) is 3.36. The van der Waals surface area contributed by atoms with Crippen LogP contribution in [0, 0.1) is 0 Å². The maximum absolute atomic E-state index is 12.8. The van der Waals surface area contributed by atoms with Crippen LogP contribution in [0.3, 0.4) is 0 Å². The number of ether oxygens (including phenoxy) is 3. The third-order valence-electron chi connectivity index (χ3n) is 12.0. The second-order valence-electron chi connectivity index (χ2n) is 18.8. The predicted molar refractivity (Wildman–Crippen MR) is 302 cm³/mol. The second kappa shape index (κ2) is 57.6. The molecule has 70 heavy (non-hydrogen) atoms. The van der Waals surface area contributed by atoms with Crippen LogP contribution in [0.5, 0.6) is 0 Å². The standard InChI is InChI=1S/C64H106O6/c1-4-7-10-13-16-18-20-22-24-25-26-27-28-29-30-31-32-33-34-35-36-37-38-39-40-42-43-45-48-51-54-57-63(66)69-60-61(59-68-62(65)56-53-50-47-15-12-9-6-3)70-64(67)58-55-52-49-46-44-41-23-21-19-17-14-11-8-5-2/h7,10,14,16-18,21-24,26-27,29-30,32-33,35-36,61H,4-6,8-9,11-13,15,19-20,25,28,31,34,37-60H2,1-3H3/b10-7-,17-14-,18-16-,23-21-,24-22-,27-26-,30-29-,33-32-,36-35-. The molecule has 0 bridgehead atoms. The Hall–Kier alpha value is -3.93. The van der Waals surface area contributed by atoms with Crippen LogP contribution in [0.25, 0.3) is 0 Å². The minimum Gasteiger partial charge on any atom is -0.462 e. The summed E-state index contributed by atoms with van der Waals surface area (Å²) in [7, 11) is 0. The van der Waals surface area contributed by atoms with Crippen LogP contribution in [-0.2, 0) is 28.6 Å². The van der Waals surface area contributed by atoms with Gasteiger partial charge in [-0.15, -0.1) is 0 Å². The molecule has 0 aromatic rings. The molecule has 0 spiro atoms. The zero-order valence-electron chi connectivity index (χ0n) is 45.5. The molecule has 0 saturated carbocycles. The van der Waals surface area contributed by atoms with Crippen LogP contribution >= 0.6 is 0 Å². The maximum Gasteiger partial charge on any atom is 0.306 e. The Kier molecular flexibility index (Phi) is 54.4. The lowest BCUT2D eigenvalue weighted by atomic mass is 10.1. The number of allylic oxidation sites excluding steroid dienone is 18. The van der Waals surface area contributed by atoms with Crippen molar-refractivity contribution in [3.05, 3.63) is 109 Å². The van der Waals surface area contributed by atoms with Gasteiger partial charge in [0.05, 0.1) is 0 Å². The highest BCUT2D eigenvalue weighted by atomic mass is 16.6. The molecule has 0 aliphatic heterocycles. The van der Waals surface area contributed by atoms with Crippen LogP contribution in [0.4, 0.5) is 0 Å². The third-order valence-corrected chi connectivity index (χ3v) is 12.0. The number of hydrogen-bond donors (Lipinski definition) is 0. The number of esters is 3. The van der Waals surface area contributed by atoms with E-state index in [4.69, 9.17) is 14.2 Å². The fraction of sp³-hybridized carbons (Fsp3) is 0.672. The quantitative estimate of drug-likeness (QED) is 0.0262. The lowest BCUT2D eigenvalue weighted by Crippen LogP contribution is -2.30. The molecule has 0 radical (unpaired) electrons. The third kappa shape index (κ3) is 55.0. The van der Waals surface area contributed by atoms with Crippen LogP contribution in [0.2, 0.25) is 0 Å². The van der Waals surface area contributed by atoms with Gasteiger partial charge in [-0.25, -0.2) is 0 Å². The zero-order chi connectivity index (χ0) is 50.7. The zero-order valence-corrected chi connectivity index (χ0v) is 45.5. The van der Waals surface area contributed by atoms with E-state index in [1.165, 1.54) is 83.5 Å². The Morgan fingerprint density at radius 2 is 0.571 bits per heavy atom. The molecule has 1 atom stereocenters. The molecule has 0 N–H and O–H groups in total. The predicted octanol–water partition coefficient (Wildman–Crippen LogP) is 19.5. The molecular formula is C64H106O6. The molecule has 0 amide bonds. The molecule has 1 unspecified atom stereocenters. The van der Waals surface area contributed by atoms with E-state index in [0.717, 1.165) is 135 Å². The van der Waals surface area contributed by atoms with Gasteiger partial charge in [-0.05, 0) is 103 Å². The smallest absolute Gasteiger partial charge is 0.306 e. The van der Waals surface area contributed by atoms with Crippen molar-refractivity contribution in [2.75, 3.05) is 13.2 Å². The van der Waals surface area contributed by atoms with Gasteiger partial charge in [-0.3, -0.25) is 14.4 Å². The molecule has 0 heterocycles. The van der Waals surface area contributed by atoms with E-state index in [1.54, 1.807) is 0 Å². The van der Waals surface area contributed by atoms with Gasteiger partial charge in [-0.1, -0.05) is 246 Å². The van der Waals surface area contributed by atoms with Gasteiger partial charge in [0.2, 0.25) is 0 Å². The highest BCUT2D eigenvalue weighted by Crippen LogP contribution is 2.14. The number of unbranched alkanes of at least 4 members (excludes halogenated alkanes) is 22. The summed E-state index contributed by atoms with van der Waals surface area (Å²) in [4.78, 5) is 37.9. The van der Waals surface area contributed by atoms with E-state index >= 15 is 0 Å². The Balaban J connectivity index is 4.15. The van der Waals surface area contributed by atoms with Crippen molar-refractivity contribution < 1.29 is 28.6 Å². The van der Waals surface area contributed by atoms with Crippen molar-refractivity contribution in [1.82, 2.24) is 0 Å². The van der Waals surface area contributed by atoms with Gasteiger partial charge in [0, 0.05) is 19.3 Å². The summed E-state index contributed by atoms with van der Waals surface area (Å²) in [6.45, 7) is 6.42. The summed E-state index contributed by atoms with van der Waals surface area (Å²) < 4.78 is 16.7. The molecule has 6 heteroatoms. The summed E-state index contributed by atoms with van der Waals surface area (Å²) in [5.74, 6) is -0.913. The van der Waals surface area contributed by atoms with Gasteiger partial charge >= 0.3 is 17.9 Å². The molecule has 0 aliphatic carbocycles. The Morgan fingerprint density at radius 3 is 0.914 bits per heavy atom. The molecule has 6 nitrogen and oxygen atoms in total. The largest absolute Gasteiger partial charge is 0.462 e. The van der Waals surface area contributed by atoms with E-state index in [2.05, 4.69) is 130 Å². The lowest BCUT2D eigenvalue weighted by Gasteiger charge is -2.18. The fourth-order valence-corrected chi connectivity index (χ4v) is 7.67. The van der Waals surface area contributed by atoms with Gasteiger partial charge in [0.25, 0.3) is 0 Å². The van der Waals surface area contributed by atoms with Gasteiger partial charge < -0.3 is 14.2 Å². The van der Waals surface area contributed by atoms with Crippen molar-refractivity contribution >= 4 is 17.9 Å². The van der Waals surface area contributed by atoms with Gasteiger partial charge in [-0.2, -0.15) is 0 Å². The molecule has 0 rings (SSSR count). The normalized spacial score (nSPS) is 12.9. The number of rotatable bonds is 51. The minimum absolute atomic E-state index is 0.0851. The Morgan fingerprint density at radius 1 is 0.300 bits per heavy atom. The highest BCUT2D eigenvalue weighted by molar-refractivity contribution is 5.71. The molecule has 0 aromatic carbocycles.